The summed E-state index contributed by atoms with van der Waals surface area (Å²) >= 11 is 0. The molecule has 5 nitrogen and oxygen atoms in total. The van der Waals surface area contributed by atoms with E-state index in [9.17, 15) is 0 Å². The SMILES string of the molecule is CCOC(C)(CC)C(NN)c1ccc2c(c1)OCCCO2. The Balaban J connectivity index is 2.32. The first-order chi connectivity index (χ1) is 10.1. The summed E-state index contributed by atoms with van der Waals surface area (Å²) in [5, 5.41) is 0. The molecule has 0 fully saturated rings. The van der Waals surface area contributed by atoms with Crippen molar-refractivity contribution in [2.45, 2.75) is 45.3 Å². The highest BCUT2D eigenvalue weighted by Crippen LogP contribution is 2.37. The molecule has 0 aliphatic carbocycles. The number of fused-ring (bicyclic) bond motifs is 1. The second-order valence-corrected chi connectivity index (χ2v) is 5.46. The van der Waals surface area contributed by atoms with Gasteiger partial charge < -0.3 is 14.2 Å². The van der Waals surface area contributed by atoms with E-state index in [1.54, 1.807) is 0 Å². The molecule has 2 rings (SSSR count). The largest absolute Gasteiger partial charge is 0.490 e. The van der Waals surface area contributed by atoms with Crippen LogP contribution in [0.15, 0.2) is 18.2 Å². The number of benzene rings is 1. The van der Waals surface area contributed by atoms with Crippen LogP contribution < -0.4 is 20.7 Å². The van der Waals surface area contributed by atoms with Gasteiger partial charge >= 0.3 is 0 Å². The molecule has 21 heavy (non-hydrogen) atoms. The third-order valence-corrected chi connectivity index (χ3v) is 4.06. The fourth-order valence-corrected chi connectivity index (χ4v) is 2.70. The van der Waals surface area contributed by atoms with Gasteiger partial charge in [-0.25, -0.2) is 0 Å². The van der Waals surface area contributed by atoms with Crippen molar-refractivity contribution < 1.29 is 14.2 Å². The second kappa shape index (κ2) is 7.11. The molecular weight excluding hydrogens is 268 g/mol. The number of rotatable bonds is 6. The van der Waals surface area contributed by atoms with Crippen molar-refractivity contribution in [1.82, 2.24) is 5.43 Å². The fraction of sp³-hybridized carbons (Fsp3) is 0.625. The lowest BCUT2D eigenvalue weighted by Crippen LogP contribution is -2.46. The summed E-state index contributed by atoms with van der Waals surface area (Å²) in [6.45, 7) is 8.18. The number of nitrogens with two attached hydrogens (primary N) is 1. The first-order valence-electron chi connectivity index (χ1n) is 7.64. The van der Waals surface area contributed by atoms with Crippen LogP contribution >= 0.6 is 0 Å². The number of hydrogen-bond donors (Lipinski definition) is 2. The fourth-order valence-electron chi connectivity index (χ4n) is 2.70. The molecule has 0 radical (unpaired) electrons. The summed E-state index contributed by atoms with van der Waals surface area (Å²) < 4.78 is 17.4. The molecule has 1 aromatic rings. The second-order valence-electron chi connectivity index (χ2n) is 5.46. The van der Waals surface area contributed by atoms with Crippen LogP contribution in [0.25, 0.3) is 0 Å². The molecule has 0 spiro atoms. The molecule has 5 heteroatoms. The van der Waals surface area contributed by atoms with Gasteiger partial charge in [0.05, 0.1) is 24.9 Å². The molecule has 118 valence electrons. The normalized spacial score (nSPS) is 18.7. The Morgan fingerprint density at radius 3 is 2.62 bits per heavy atom. The highest BCUT2D eigenvalue weighted by atomic mass is 16.5. The lowest BCUT2D eigenvalue weighted by molar-refractivity contribution is -0.0564. The number of hydrazine groups is 1. The molecule has 2 atom stereocenters. The van der Waals surface area contributed by atoms with Gasteiger partial charge in [-0.3, -0.25) is 11.3 Å². The van der Waals surface area contributed by atoms with Gasteiger partial charge in [-0.2, -0.15) is 0 Å². The van der Waals surface area contributed by atoms with Gasteiger partial charge in [-0.15, -0.1) is 0 Å². The predicted octanol–water partition coefficient (Wildman–Crippen LogP) is 2.56. The molecule has 0 saturated heterocycles. The van der Waals surface area contributed by atoms with Gasteiger partial charge in [-0.1, -0.05) is 13.0 Å². The van der Waals surface area contributed by atoms with Crippen molar-refractivity contribution in [2.75, 3.05) is 19.8 Å². The van der Waals surface area contributed by atoms with Crippen LogP contribution in [-0.4, -0.2) is 25.4 Å². The van der Waals surface area contributed by atoms with Crippen LogP contribution in [0.3, 0.4) is 0 Å². The van der Waals surface area contributed by atoms with Crippen LogP contribution in [-0.2, 0) is 4.74 Å². The summed E-state index contributed by atoms with van der Waals surface area (Å²) in [7, 11) is 0. The van der Waals surface area contributed by atoms with E-state index in [1.807, 2.05) is 25.1 Å². The molecule has 2 unspecified atom stereocenters. The van der Waals surface area contributed by atoms with E-state index in [1.165, 1.54) is 0 Å². The van der Waals surface area contributed by atoms with Crippen molar-refractivity contribution in [3.8, 4) is 11.5 Å². The summed E-state index contributed by atoms with van der Waals surface area (Å²) in [4.78, 5) is 0. The van der Waals surface area contributed by atoms with E-state index in [0.29, 0.717) is 19.8 Å². The van der Waals surface area contributed by atoms with E-state index >= 15 is 0 Å². The summed E-state index contributed by atoms with van der Waals surface area (Å²) in [6.07, 6.45) is 1.75. The maximum absolute atomic E-state index is 5.94. The molecular formula is C16H26N2O3. The molecule has 0 bridgehead atoms. The molecule has 3 N–H and O–H groups in total. The minimum atomic E-state index is -0.372. The van der Waals surface area contributed by atoms with Crippen molar-refractivity contribution in [3.63, 3.8) is 0 Å². The molecule has 1 aromatic carbocycles. The van der Waals surface area contributed by atoms with Gasteiger partial charge in [0.25, 0.3) is 0 Å². The molecule has 0 amide bonds. The maximum atomic E-state index is 5.94. The van der Waals surface area contributed by atoms with Gasteiger partial charge in [0.1, 0.15) is 0 Å². The zero-order chi connectivity index (χ0) is 15.3. The Bertz CT molecular complexity index is 467. The van der Waals surface area contributed by atoms with Gasteiger partial charge in [-0.05, 0) is 38.0 Å². The lowest BCUT2D eigenvalue weighted by atomic mass is 9.88. The smallest absolute Gasteiger partial charge is 0.161 e. The van der Waals surface area contributed by atoms with Crippen LogP contribution in [0.5, 0.6) is 11.5 Å². The van der Waals surface area contributed by atoms with E-state index in [4.69, 9.17) is 20.1 Å². The summed E-state index contributed by atoms with van der Waals surface area (Å²) in [6, 6.07) is 5.85. The predicted molar refractivity (Wildman–Crippen MR) is 82.4 cm³/mol. The van der Waals surface area contributed by atoms with Crippen molar-refractivity contribution >= 4 is 0 Å². The topological polar surface area (TPSA) is 65.7 Å². The Morgan fingerprint density at radius 1 is 1.29 bits per heavy atom. The highest BCUT2D eigenvalue weighted by Gasteiger charge is 2.34. The van der Waals surface area contributed by atoms with Crippen LogP contribution in [0.4, 0.5) is 0 Å². The lowest BCUT2D eigenvalue weighted by Gasteiger charge is -2.36. The summed E-state index contributed by atoms with van der Waals surface area (Å²) in [5.74, 6) is 7.37. The van der Waals surface area contributed by atoms with Crippen LogP contribution in [0, 0.1) is 0 Å². The minimum absolute atomic E-state index is 0.111. The quantitative estimate of drug-likeness (QED) is 0.623. The Kier molecular flexibility index (Phi) is 5.45. The standard InChI is InChI=1S/C16H26N2O3/c1-4-16(3,21-5-2)15(18-17)12-7-8-13-14(11-12)20-10-6-9-19-13/h7-8,11,15,18H,4-6,9-10,17H2,1-3H3. The van der Waals surface area contributed by atoms with Crippen LogP contribution in [0.1, 0.15) is 45.2 Å². The first-order valence-corrected chi connectivity index (χ1v) is 7.64. The molecule has 0 saturated carbocycles. The minimum Gasteiger partial charge on any atom is -0.490 e. The first kappa shape index (κ1) is 16.1. The number of hydrogen-bond acceptors (Lipinski definition) is 5. The molecule has 1 heterocycles. The average Bonchev–Trinajstić information content (AvgIpc) is 2.73. The van der Waals surface area contributed by atoms with Crippen molar-refractivity contribution in [2.24, 2.45) is 5.84 Å². The highest BCUT2D eigenvalue weighted by molar-refractivity contribution is 5.44. The third-order valence-electron chi connectivity index (χ3n) is 4.06. The molecule has 1 aliphatic rings. The van der Waals surface area contributed by atoms with Crippen molar-refractivity contribution in [1.29, 1.82) is 0 Å². The average molecular weight is 294 g/mol. The van der Waals surface area contributed by atoms with Gasteiger partial charge in [0.2, 0.25) is 0 Å². The maximum Gasteiger partial charge on any atom is 0.161 e. The molecule has 1 aliphatic heterocycles. The number of ether oxygens (including phenoxy) is 3. The zero-order valence-corrected chi connectivity index (χ0v) is 13.1. The Labute approximate surface area is 126 Å². The Hall–Kier alpha value is -1.30. The van der Waals surface area contributed by atoms with E-state index in [-0.39, 0.29) is 11.6 Å². The van der Waals surface area contributed by atoms with Gasteiger partial charge in [0.15, 0.2) is 11.5 Å². The van der Waals surface area contributed by atoms with Crippen molar-refractivity contribution in [3.05, 3.63) is 23.8 Å². The van der Waals surface area contributed by atoms with E-state index < -0.39 is 0 Å². The summed E-state index contributed by atoms with van der Waals surface area (Å²) in [5.41, 5.74) is 3.57. The zero-order valence-electron chi connectivity index (χ0n) is 13.1. The van der Waals surface area contributed by atoms with Crippen LogP contribution in [0.2, 0.25) is 0 Å². The number of nitrogens with one attached hydrogen (secondary N) is 1. The third kappa shape index (κ3) is 3.48. The van der Waals surface area contributed by atoms with E-state index in [0.717, 1.165) is 29.9 Å². The Morgan fingerprint density at radius 2 is 2.00 bits per heavy atom. The molecule has 0 aromatic heterocycles. The van der Waals surface area contributed by atoms with Gasteiger partial charge in [0, 0.05) is 13.0 Å². The monoisotopic (exact) mass is 294 g/mol. The van der Waals surface area contributed by atoms with E-state index in [2.05, 4.69) is 19.3 Å².